The van der Waals surface area contributed by atoms with Crippen LogP contribution in [0.3, 0.4) is 0 Å². The third-order valence-electron chi connectivity index (χ3n) is 3.24. The first-order chi connectivity index (χ1) is 7.68. The molecule has 1 unspecified atom stereocenters. The van der Waals surface area contributed by atoms with Crippen LogP contribution in [0.1, 0.15) is 33.6 Å². The van der Waals surface area contributed by atoms with Crippen LogP contribution < -0.4 is 5.32 Å². The lowest BCUT2D eigenvalue weighted by Crippen LogP contribution is -2.46. The fraction of sp³-hybridized carbons (Fsp3) is 1.00. The Morgan fingerprint density at radius 1 is 1.24 bits per heavy atom. The van der Waals surface area contributed by atoms with Crippen molar-refractivity contribution in [3.05, 3.63) is 0 Å². The Morgan fingerprint density at radius 2 is 1.88 bits per heavy atom. The zero-order valence-electron chi connectivity index (χ0n) is 10.9. The second kappa shape index (κ2) is 5.57. The number of nitrogens with zero attached hydrogens (tertiary/aromatic N) is 1. The van der Waals surface area contributed by atoms with Gasteiger partial charge in [0.1, 0.15) is 0 Å². The maximum absolute atomic E-state index is 12.2. The minimum atomic E-state index is -4.04. The lowest BCUT2D eigenvalue weighted by atomic mass is 9.86. The van der Waals surface area contributed by atoms with Gasteiger partial charge in [0.05, 0.1) is 6.42 Å². The largest absolute Gasteiger partial charge is 0.390 e. The Kier molecular flexibility index (Phi) is 4.84. The summed E-state index contributed by atoms with van der Waals surface area (Å²) in [5, 5.41) is 3.43. The molecule has 1 aliphatic rings. The molecule has 0 radical (unpaired) electrons. The molecule has 0 spiro atoms. The molecule has 1 heterocycles. The smallest absolute Gasteiger partial charge is 0.312 e. The van der Waals surface area contributed by atoms with Crippen molar-refractivity contribution in [3.63, 3.8) is 0 Å². The van der Waals surface area contributed by atoms with Crippen LogP contribution >= 0.6 is 0 Å². The maximum Gasteiger partial charge on any atom is 0.390 e. The third kappa shape index (κ3) is 5.73. The summed E-state index contributed by atoms with van der Waals surface area (Å²) < 4.78 is 36.6. The van der Waals surface area contributed by atoms with Crippen LogP contribution in [0.4, 0.5) is 13.2 Å². The van der Waals surface area contributed by atoms with Gasteiger partial charge >= 0.3 is 6.18 Å². The normalized spacial score (nSPS) is 24.7. The Hall–Kier alpha value is -0.290. The summed E-state index contributed by atoms with van der Waals surface area (Å²) in [7, 11) is 0. The van der Waals surface area contributed by atoms with Crippen LogP contribution in [0.15, 0.2) is 0 Å². The lowest BCUT2D eigenvalue weighted by molar-refractivity contribution is -0.138. The molecule has 0 aliphatic carbocycles. The maximum atomic E-state index is 12.2. The molecule has 0 bridgehead atoms. The van der Waals surface area contributed by atoms with Crippen molar-refractivity contribution in [1.29, 1.82) is 0 Å². The molecular weight excluding hydrogens is 229 g/mol. The summed E-state index contributed by atoms with van der Waals surface area (Å²) in [4.78, 5) is 1.93. The molecular formula is C12H23F3N2. The quantitative estimate of drug-likeness (QED) is 0.812. The van der Waals surface area contributed by atoms with Gasteiger partial charge in [0.2, 0.25) is 0 Å². The standard InChI is InChI=1S/C12H23F3N2/c1-11(2,3)10-9-17(7-4-6-16-10)8-5-12(13,14)15/h10,16H,4-9H2,1-3H3. The van der Waals surface area contributed by atoms with E-state index in [4.69, 9.17) is 0 Å². The van der Waals surface area contributed by atoms with E-state index >= 15 is 0 Å². The van der Waals surface area contributed by atoms with E-state index in [-0.39, 0.29) is 18.0 Å². The SMILES string of the molecule is CC(C)(C)C1CN(CCC(F)(F)F)CCCN1. The summed E-state index contributed by atoms with van der Waals surface area (Å²) in [5.41, 5.74) is 0.0841. The minimum Gasteiger partial charge on any atom is -0.312 e. The molecule has 102 valence electrons. The average molecular weight is 252 g/mol. The van der Waals surface area contributed by atoms with E-state index in [2.05, 4.69) is 26.1 Å². The monoisotopic (exact) mass is 252 g/mol. The van der Waals surface area contributed by atoms with Gasteiger partial charge in [0.15, 0.2) is 0 Å². The van der Waals surface area contributed by atoms with E-state index in [9.17, 15) is 13.2 Å². The van der Waals surface area contributed by atoms with Crippen LogP contribution in [0.25, 0.3) is 0 Å². The lowest BCUT2D eigenvalue weighted by Gasteiger charge is -2.33. The highest BCUT2D eigenvalue weighted by atomic mass is 19.4. The van der Waals surface area contributed by atoms with Gasteiger partial charge in [-0.2, -0.15) is 13.2 Å². The minimum absolute atomic E-state index is 0.0841. The molecule has 1 N–H and O–H groups in total. The second-order valence-electron chi connectivity index (χ2n) is 5.89. The summed E-state index contributed by atoms with van der Waals surface area (Å²) in [6.45, 7) is 8.85. The number of nitrogens with one attached hydrogen (secondary N) is 1. The summed E-state index contributed by atoms with van der Waals surface area (Å²) in [6, 6.07) is 0.262. The van der Waals surface area contributed by atoms with E-state index in [0.717, 1.165) is 19.5 Å². The zero-order valence-corrected chi connectivity index (χ0v) is 10.9. The first-order valence-electron chi connectivity index (χ1n) is 6.21. The highest BCUT2D eigenvalue weighted by Gasteiger charge is 2.31. The molecule has 0 saturated carbocycles. The first-order valence-corrected chi connectivity index (χ1v) is 6.21. The van der Waals surface area contributed by atoms with Gasteiger partial charge in [-0.1, -0.05) is 20.8 Å². The number of halogens is 3. The molecule has 5 heteroatoms. The molecule has 0 amide bonds. The molecule has 1 rings (SSSR count). The molecule has 2 nitrogen and oxygen atoms in total. The first kappa shape index (κ1) is 14.8. The second-order valence-corrected chi connectivity index (χ2v) is 5.89. The molecule has 0 aromatic carbocycles. The highest BCUT2D eigenvalue weighted by Crippen LogP contribution is 2.24. The van der Waals surface area contributed by atoms with Crippen molar-refractivity contribution in [2.75, 3.05) is 26.2 Å². The van der Waals surface area contributed by atoms with Crippen molar-refractivity contribution in [2.45, 2.75) is 45.8 Å². The molecule has 17 heavy (non-hydrogen) atoms. The van der Waals surface area contributed by atoms with Crippen LogP contribution in [0.2, 0.25) is 0 Å². The van der Waals surface area contributed by atoms with E-state index in [1.165, 1.54) is 0 Å². The number of alkyl halides is 3. The Bertz CT molecular complexity index is 233. The van der Waals surface area contributed by atoms with Gasteiger partial charge in [-0.3, -0.25) is 0 Å². The zero-order chi connectivity index (χ0) is 13.1. The molecule has 0 aromatic heterocycles. The summed E-state index contributed by atoms with van der Waals surface area (Å²) in [6.07, 6.45) is -3.83. The van der Waals surface area contributed by atoms with Gasteiger partial charge in [-0.25, -0.2) is 0 Å². The summed E-state index contributed by atoms with van der Waals surface area (Å²) >= 11 is 0. The number of hydrogen-bond acceptors (Lipinski definition) is 2. The van der Waals surface area contributed by atoms with Crippen molar-refractivity contribution in [3.8, 4) is 0 Å². The Balaban J connectivity index is 2.49. The fourth-order valence-electron chi connectivity index (χ4n) is 2.06. The van der Waals surface area contributed by atoms with Gasteiger partial charge in [-0.05, 0) is 24.9 Å². The number of rotatable bonds is 2. The summed E-state index contributed by atoms with van der Waals surface area (Å²) in [5.74, 6) is 0. The van der Waals surface area contributed by atoms with Gasteiger partial charge in [0.25, 0.3) is 0 Å². The highest BCUT2D eigenvalue weighted by molar-refractivity contribution is 4.85. The van der Waals surface area contributed by atoms with Gasteiger partial charge in [-0.15, -0.1) is 0 Å². The Labute approximate surface area is 102 Å². The molecule has 1 saturated heterocycles. The van der Waals surface area contributed by atoms with Crippen molar-refractivity contribution < 1.29 is 13.2 Å². The third-order valence-corrected chi connectivity index (χ3v) is 3.24. The fourth-order valence-corrected chi connectivity index (χ4v) is 2.06. The van der Waals surface area contributed by atoms with E-state index in [0.29, 0.717) is 6.54 Å². The molecule has 1 fully saturated rings. The average Bonchev–Trinajstić information content (AvgIpc) is 2.37. The van der Waals surface area contributed by atoms with E-state index in [1.54, 1.807) is 0 Å². The topological polar surface area (TPSA) is 15.3 Å². The van der Waals surface area contributed by atoms with Crippen molar-refractivity contribution >= 4 is 0 Å². The Morgan fingerprint density at radius 3 is 2.41 bits per heavy atom. The van der Waals surface area contributed by atoms with Crippen LogP contribution in [0.5, 0.6) is 0 Å². The number of hydrogen-bond donors (Lipinski definition) is 1. The predicted molar refractivity (Wildman–Crippen MR) is 63.0 cm³/mol. The van der Waals surface area contributed by atoms with Crippen molar-refractivity contribution in [1.82, 2.24) is 10.2 Å². The van der Waals surface area contributed by atoms with Gasteiger partial charge in [0, 0.05) is 19.1 Å². The van der Waals surface area contributed by atoms with Crippen LogP contribution in [-0.2, 0) is 0 Å². The van der Waals surface area contributed by atoms with Crippen LogP contribution in [-0.4, -0.2) is 43.3 Å². The van der Waals surface area contributed by atoms with Gasteiger partial charge < -0.3 is 10.2 Å². The predicted octanol–water partition coefficient (Wildman–Crippen LogP) is 2.65. The van der Waals surface area contributed by atoms with Crippen molar-refractivity contribution in [2.24, 2.45) is 5.41 Å². The van der Waals surface area contributed by atoms with Crippen LogP contribution in [0, 0.1) is 5.41 Å². The molecule has 1 atom stereocenters. The molecule has 1 aliphatic heterocycles. The molecule has 0 aromatic rings. The van der Waals surface area contributed by atoms with E-state index < -0.39 is 12.6 Å². The van der Waals surface area contributed by atoms with E-state index in [1.807, 2.05) is 4.90 Å².